The second-order valence-electron chi connectivity index (χ2n) is 6.69. The van der Waals surface area contributed by atoms with Gasteiger partial charge in [0.05, 0.1) is 19.1 Å². The highest BCUT2D eigenvalue weighted by Crippen LogP contribution is 2.31. The number of amides is 1. The molecule has 120 valence electrons. The summed E-state index contributed by atoms with van der Waals surface area (Å²) in [5.74, 6) is 0.155. The van der Waals surface area contributed by atoms with Crippen LogP contribution in [0.5, 0.6) is 5.75 Å². The first-order valence-electron chi connectivity index (χ1n) is 7.52. The van der Waals surface area contributed by atoms with E-state index in [1.165, 1.54) is 0 Å². The lowest BCUT2D eigenvalue weighted by Gasteiger charge is -2.26. The molecule has 0 fully saturated rings. The van der Waals surface area contributed by atoms with Crippen LogP contribution < -0.4 is 10.1 Å². The van der Waals surface area contributed by atoms with Crippen molar-refractivity contribution in [3.63, 3.8) is 0 Å². The molecule has 1 aliphatic heterocycles. The lowest BCUT2D eigenvalue weighted by atomic mass is 9.92. The summed E-state index contributed by atoms with van der Waals surface area (Å²) < 4.78 is 10.6. The minimum absolute atomic E-state index is 0.0984. The molecule has 0 spiro atoms. The van der Waals surface area contributed by atoms with Gasteiger partial charge in [-0.2, -0.15) is 0 Å². The monoisotopic (exact) mass is 305 g/mol. The Kier molecular flexibility index (Phi) is 5.06. The van der Waals surface area contributed by atoms with Crippen molar-refractivity contribution in [1.82, 2.24) is 5.32 Å². The van der Waals surface area contributed by atoms with E-state index < -0.39 is 0 Å². The van der Waals surface area contributed by atoms with Crippen molar-refractivity contribution in [3.8, 4) is 5.75 Å². The molecule has 5 heteroatoms. The third-order valence-corrected chi connectivity index (χ3v) is 3.33. The maximum Gasteiger partial charge on any atom is 0.306 e. The molecule has 1 aromatic rings. The predicted octanol–water partition coefficient (Wildman–Crippen LogP) is 2.61. The molecule has 5 nitrogen and oxygen atoms in total. The Bertz CT molecular complexity index is 548. The van der Waals surface area contributed by atoms with Gasteiger partial charge in [0, 0.05) is 12.0 Å². The zero-order valence-electron chi connectivity index (χ0n) is 13.3. The standard InChI is InChI=1S/C17H23NO4/c1-17(2,3)10-16(20)22-11-15(19)18-13-8-9-21-14-7-5-4-6-12(13)14/h4-7,13H,8-11H2,1-3H3,(H,18,19). The Morgan fingerprint density at radius 2 is 2.05 bits per heavy atom. The fraction of sp³-hybridized carbons (Fsp3) is 0.529. The molecule has 0 radical (unpaired) electrons. The summed E-state index contributed by atoms with van der Waals surface area (Å²) in [5, 5.41) is 2.90. The van der Waals surface area contributed by atoms with Crippen molar-refractivity contribution in [1.29, 1.82) is 0 Å². The second-order valence-corrected chi connectivity index (χ2v) is 6.69. The molecule has 0 saturated heterocycles. The van der Waals surface area contributed by atoms with Gasteiger partial charge in [-0.05, 0) is 11.5 Å². The van der Waals surface area contributed by atoms with E-state index in [0.29, 0.717) is 19.4 Å². The zero-order chi connectivity index (χ0) is 16.2. The quantitative estimate of drug-likeness (QED) is 0.868. The summed E-state index contributed by atoms with van der Waals surface area (Å²) in [6.07, 6.45) is 0.999. The average molecular weight is 305 g/mol. The molecule has 1 N–H and O–H groups in total. The molecule has 1 aromatic carbocycles. The lowest BCUT2D eigenvalue weighted by Crippen LogP contribution is -2.35. The van der Waals surface area contributed by atoms with E-state index in [2.05, 4.69) is 5.32 Å². The van der Waals surface area contributed by atoms with Gasteiger partial charge in [0.2, 0.25) is 0 Å². The maximum absolute atomic E-state index is 12.0. The maximum atomic E-state index is 12.0. The van der Waals surface area contributed by atoms with Gasteiger partial charge in [-0.3, -0.25) is 9.59 Å². The van der Waals surface area contributed by atoms with Crippen molar-refractivity contribution >= 4 is 11.9 Å². The number of carbonyl (C=O) groups excluding carboxylic acids is 2. The summed E-state index contributed by atoms with van der Waals surface area (Å²) >= 11 is 0. The number of hydrogen-bond acceptors (Lipinski definition) is 4. The van der Waals surface area contributed by atoms with Crippen molar-refractivity contribution in [2.24, 2.45) is 5.41 Å². The van der Waals surface area contributed by atoms with Crippen LogP contribution in [0.25, 0.3) is 0 Å². The van der Waals surface area contributed by atoms with Crippen molar-refractivity contribution in [2.75, 3.05) is 13.2 Å². The van der Waals surface area contributed by atoms with Crippen molar-refractivity contribution in [3.05, 3.63) is 29.8 Å². The summed E-state index contributed by atoms with van der Waals surface area (Å²) in [4.78, 5) is 23.6. The van der Waals surface area contributed by atoms with E-state index in [1.807, 2.05) is 45.0 Å². The second kappa shape index (κ2) is 6.81. The number of esters is 1. The zero-order valence-corrected chi connectivity index (χ0v) is 13.3. The van der Waals surface area contributed by atoms with Crippen molar-refractivity contribution < 1.29 is 19.1 Å². The molecule has 0 saturated carbocycles. The van der Waals surface area contributed by atoms with Crippen LogP contribution in [0.4, 0.5) is 0 Å². The van der Waals surface area contributed by atoms with Gasteiger partial charge in [0.1, 0.15) is 5.75 Å². The Morgan fingerprint density at radius 1 is 1.32 bits per heavy atom. The van der Waals surface area contributed by atoms with Gasteiger partial charge in [-0.25, -0.2) is 0 Å². The topological polar surface area (TPSA) is 64.6 Å². The number of hydrogen-bond donors (Lipinski definition) is 1. The van der Waals surface area contributed by atoms with E-state index in [9.17, 15) is 9.59 Å². The number of benzene rings is 1. The largest absolute Gasteiger partial charge is 0.493 e. The Balaban J connectivity index is 1.85. The molecule has 1 heterocycles. The van der Waals surface area contributed by atoms with Crippen LogP contribution in [0.2, 0.25) is 0 Å². The van der Waals surface area contributed by atoms with E-state index in [4.69, 9.17) is 9.47 Å². The highest BCUT2D eigenvalue weighted by molar-refractivity contribution is 5.81. The van der Waals surface area contributed by atoms with Gasteiger partial charge in [-0.1, -0.05) is 39.0 Å². The number of nitrogens with one attached hydrogen (secondary N) is 1. The molecule has 22 heavy (non-hydrogen) atoms. The lowest BCUT2D eigenvalue weighted by molar-refractivity contribution is -0.150. The van der Waals surface area contributed by atoms with Gasteiger partial charge < -0.3 is 14.8 Å². The smallest absolute Gasteiger partial charge is 0.306 e. The van der Waals surface area contributed by atoms with Crippen LogP contribution in [-0.2, 0) is 14.3 Å². The van der Waals surface area contributed by atoms with Crippen LogP contribution in [0.1, 0.15) is 45.2 Å². The first-order valence-corrected chi connectivity index (χ1v) is 7.52. The Morgan fingerprint density at radius 3 is 2.77 bits per heavy atom. The van der Waals surface area contributed by atoms with Crippen LogP contribution in [0.15, 0.2) is 24.3 Å². The molecule has 1 aliphatic rings. The molecule has 0 aliphatic carbocycles. The fourth-order valence-electron chi connectivity index (χ4n) is 2.36. The summed E-state index contributed by atoms with van der Waals surface area (Å²) in [6.45, 7) is 6.17. The first-order chi connectivity index (χ1) is 10.3. The average Bonchev–Trinajstić information content (AvgIpc) is 2.44. The Labute approximate surface area is 131 Å². The van der Waals surface area contributed by atoms with Gasteiger partial charge in [-0.15, -0.1) is 0 Å². The normalized spacial score (nSPS) is 17.1. The van der Waals surface area contributed by atoms with Crippen LogP contribution in [-0.4, -0.2) is 25.1 Å². The van der Waals surface area contributed by atoms with Gasteiger partial charge >= 0.3 is 5.97 Å². The van der Waals surface area contributed by atoms with Crippen LogP contribution in [0.3, 0.4) is 0 Å². The summed E-state index contributed by atoms with van der Waals surface area (Å²) in [7, 11) is 0. The van der Waals surface area contributed by atoms with Gasteiger partial charge in [0.15, 0.2) is 6.61 Å². The fourth-order valence-corrected chi connectivity index (χ4v) is 2.36. The van der Waals surface area contributed by atoms with E-state index >= 15 is 0 Å². The minimum atomic E-state index is -0.352. The third-order valence-electron chi connectivity index (χ3n) is 3.33. The highest BCUT2D eigenvalue weighted by Gasteiger charge is 2.23. The Hall–Kier alpha value is -2.04. The molecular weight excluding hydrogens is 282 g/mol. The third kappa shape index (κ3) is 4.76. The van der Waals surface area contributed by atoms with E-state index in [-0.39, 0.29) is 29.9 Å². The van der Waals surface area contributed by atoms with Crippen LogP contribution >= 0.6 is 0 Å². The number of carbonyl (C=O) groups is 2. The molecule has 1 unspecified atom stereocenters. The minimum Gasteiger partial charge on any atom is -0.493 e. The molecular formula is C17H23NO4. The molecule has 2 rings (SSSR count). The number of ether oxygens (including phenoxy) is 2. The molecule has 1 atom stereocenters. The summed E-state index contributed by atoms with van der Waals surface area (Å²) in [5.41, 5.74) is 0.816. The van der Waals surface area contributed by atoms with E-state index in [0.717, 1.165) is 11.3 Å². The van der Waals surface area contributed by atoms with Gasteiger partial charge in [0.25, 0.3) is 5.91 Å². The molecule has 0 bridgehead atoms. The number of para-hydroxylation sites is 1. The number of rotatable bonds is 4. The summed E-state index contributed by atoms with van der Waals surface area (Å²) in [6, 6.07) is 7.54. The van der Waals surface area contributed by atoms with Crippen LogP contribution in [0, 0.1) is 5.41 Å². The highest BCUT2D eigenvalue weighted by atomic mass is 16.5. The molecule has 0 aromatic heterocycles. The SMILES string of the molecule is CC(C)(C)CC(=O)OCC(=O)NC1CCOc2ccccc21. The van der Waals surface area contributed by atoms with Crippen molar-refractivity contribution in [2.45, 2.75) is 39.7 Å². The first kappa shape index (κ1) is 16.3. The van der Waals surface area contributed by atoms with E-state index in [1.54, 1.807) is 0 Å². The number of fused-ring (bicyclic) bond motifs is 1. The molecule has 1 amide bonds. The predicted molar refractivity (Wildman–Crippen MR) is 82.5 cm³/mol.